The van der Waals surface area contributed by atoms with Crippen molar-refractivity contribution >= 4 is 23.3 Å². The zero-order chi connectivity index (χ0) is 16.7. The fourth-order valence-electron chi connectivity index (χ4n) is 1.86. The number of nitrogens with zero attached hydrogens (tertiary/aromatic N) is 2. The fraction of sp³-hybridized carbons (Fsp3) is 0.118. The van der Waals surface area contributed by atoms with E-state index >= 15 is 0 Å². The van der Waals surface area contributed by atoms with Gasteiger partial charge in [-0.15, -0.1) is 0 Å². The first-order chi connectivity index (χ1) is 11.1. The van der Waals surface area contributed by atoms with Crippen molar-refractivity contribution in [2.45, 2.75) is 13.0 Å². The lowest BCUT2D eigenvalue weighted by atomic mass is 10.1. The van der Waals surface area contributed by atoms with Crippen molar-refractivity contribution in [2.24, 2.45) is 0 Å². The lowest BCUT2D eigenvalue weighted by Crippen LogP contribution is -2.28. The molecule has 0 saturated carbocycles. The number of benzene rings is 1. The molecule has 1 aromatic carbocycles. The van der Waals surface area contributed by atoms with Gasteiger partial charge < -0.3 is 10.6 Å². The molecule has 0 saturated heterocycles. The molecule has 1 amide bonds. The molecule has 2 rings (SSSR count). The lowest BCUT2D eigenvalue weighted by molar-refractivity contribution is -0.117. The van der Waals surface area contributed by atoms with E-state index in [1.165, 1.54) is 12.4 Å². The van der Waals surface area contributed by atoms with E-state index in [-0.39, 0.29) is 11.6 Å². The average molecular weight is 327 g/mol. The predicted molar refractivity (Wildman–Crippen MR) is 89.6 cm³/mol. The summed E-state index contributed by atoms with van der Waals surface area (Å²) in [4.78, 5) is 16.2. The van der Waals surface area contributed by atoms with Crippen molar-refractivity contribution in [3.8, 4) is 6.07 Å². The van der Waals surface area contributed by atoms with Crippen molar-refractivity contribution in [1.82, 2.24) is 10.3 Å². The topological polar surface area (TPSA) is 77.8 Å². The Balaban J connectivity index is 2.02. The number of carbonyl (C=O) groups is 1. The third kappa shape index (κ3) is 4.83. The van der Waals surface area contributed by atoms with E-state index < -0.39 is 5.91 Å². The predicted octanol–water partition coefficient (Wildman–Crippen LogP) is 3.43. The van der Waals surface area contributed by atoms with Crippen LogP contribution in [0, 0.1) is 11.3 Å². The highest BCUT2D eigenvalue weighted by Gasteiger charge is 2.13. The molecule has 2 N–H and O–H groups in total. The number of pyridine rings is 1. The zero-order valence-electron chi connectivity index (χ0n) is 12.5. The lowest BCUT2D eigenvalue weighted by Gasteiger charge is -2.13. The first-order valence-electron chi connectivity index (χ1n) is 6.94. The maximum atomic E-state index is 12.1. The molecule has 0 bridgehead atoms. The van der Waals surface area contributed by atoms with Gasteiger partial charge in [0.1, 0.15) is 17.5 Å². The Kier molecular flexibility index (Phi) is 5.73. The zero-order valence-corrected chi connectivity index (χ0v) is 13.2. The monoisotopic (exact) mass is 326 g/mol. The van der Waals surface area contributed by atoms with Gasteiger partial charge in [0, 0.05) is 12.4 Å². The fourth-order valence-corrected chi connectivity index (χ4v) is 1.97. The Bertz CT molecular complexity index is 735. The third-order valence-electron chi connectivity index (χ3n) is 3.10. The summed E-state index contributed by atoms with van der Waals surface area (Å²) in [6, 6.07) is 14.5. The second kappa shape index (κ2) is 7.97. The summed E-state index contributed by atoms with van der Waals surface area (Å²) in [7, 11) is 0. The quantitative estimate of drug-likeness (QED) is 0.651. The van der Waals surface area contributed by atoms with Crippen LogP contribution in [0.15, 0.2) is 60.4 Å². The molecule has 0 aliphatic heterocycles. The van der Waals surface area contributed by atoms with Gasteiger partial charge in [-0.3, -0.25) is 4.79 Å². The Labute approximate surface area is 139 Å². The van der Waals surface area contributed by atoms with Crippen molar-refractivity contribution < 1.29 is 4.79 Å². The molecule has 1 atom stereocenters. The minimum atomic E-state index is -0.453. The number of hydrogen-bond acceptors (Lipinski definition) is 4. The molecule has 0 aliphatic carbocycles. The van der Waals surface area contributed by atoms with Gasteiger partial charge in [-0.05, 0) is 24.6 Å². The van der Waals surface area contributed by atoms with E-state index in [4.69, 9.17) is 16.9 Å². The molecule has 0 fully saturated rings. The Morgan fingerprint density at radius 2 is 2.04 bits per heavy atom. The minimum absolute atomic E-state index is 0.0375. The van der Waals surface area contributed by atoms with Gasteiger partial charge in [0.15, 0.2) is 0 Å². The number of nitriles is 1. The van der Waals surface area contributed by atoms with Crippen LogP contribution >= 0.6 is 11.6 Å². The molecular weight excluding hydrogens is 312 g/mol. The highest BCUT2D eigenvalue weighted by atomic mass is 35.5. The Morgan fingerprint density at radius 1 is 1.30 bits per heavy atom. The number of anilines is 1. The number of nitrogens with one attached hydrogen (secondary N) is 2. The van der Waals surface area contributed by atoms with Crippen LogP contribution in [-0.2, 0) is 4.79 Å². The first kappa shape index (κ1) is 16.5. The highest BCUT2D eigenvalue weighted by Crippen LogP contribution is 2.13. The summed E-state index contributed by atoms with van der Waals surface area (Å²) in [5.74, 6) is 0.0383. The van der Waals surface area contributed by atoms with Crippen molar-refractivity contribution in [3.05, 3.63) is 71.0 Å². The van der Waals surface area contributed by atoms with E-state index in [2.05, 4.69) is 15.6 Å². The maximum Gasteiger partial charge on any atom is 0.263 e. The molecule has 0 aliphatic rings. The average Bonchev–Trinajstić information content (AvgIpc) is 2.58. The minimum Gasteiger partial charge on any atom is -0.345 e. The van der Waals surface area contributed by atoms with Crippen LogP contribution < -0.4 is 10.6 Å². The van der Waals surface area contributed by atoms with E-state index in [0.29, 0.717) is 10.8 Å². The van der Waals surface area contributed by atoms with E-state index in [1.54, 1.807) is 12.1 Å². The van der Waals surface area contributed by atoms with Crippen LogP contribution in [0.3, 0.4) is 0 Å². The van der Waals surface area contributed by atoms with Gasteiger partial charge in [-0.1, -0.05) is 41.9 Å². The van der Waals surface area contributed by atoms with Gasteiger partial charge in [0.25, 0.3) is 5.91 Å². The molecule has 1 aromatic heterocycles. The van der Waals surface area contributed by atoms with Crippen LogP contribution in [0.1, 0.15) is 18.5 Å². The normalized spacial score (nSPS) is 12.1. The van der Waals surface area contributed by atoms with Crippen LogP contribution in [0.5, 0.6) is 0 Å². The van der Waals surface area contributed by atoms with Crippen LogP contribution in [0.2, 0.25) is 5.02 Å². The number of amides is 1. The molecule has 2 aromatic rings. The summed E-state index contributed by atoms with van der Waals surface area (Å²) in [5, 5.41) is 15.2. The summed E-state index contributed by atoms with van der Waals surface area (Å²) in [6.45, 7) is 1.86. The highest BCUT2D eigenvalue weighted by molar-refractivity contribution is 6.30. The molecule has 0 radical (unpaired) electrons. The number of aromatic nitrogens is 1. The van der Waals surface area contributed by atoms with Gasteiger partial charge in [0.05, 0.1) is 11.1 Å². The Morgan fingerprint density at radius 3 is 2.65 bits per heavy atom. The van der Waals surface area contributed by atoms with Crippen molar-refractivity contribution in [1.29, 1.82) is 5.26 Å². The standard InChI is InChI=1S/C17H15ClN4O/c1-12(13-5-3-2-4-6-13)22-17(23)14(9-19)10-20-16-8-7-15(18)11-21-16/h2-8,10-12H,1H3,(H,20,21)(H,22,23)/b14-10-. The molecule has 1 unspecified atom stereocenters. The van der Waals surface area contributed by atoms with E-state index in [0.717, 1.165) is 5.56 Å². The summed E-state index contributed by atoms with van der Waals surface area (Å²) < 4.78 is 0. The number of halogens is 1. The number of carbonyl (C=O) groups excluding carboxylic acids is 1. The molecule has 23 heavy (non-hydrogen) atoms. The summed E-state index contributed by atoms with van der Waals surface area (Å²) >= 11 is 5.75. The molecule has 6 heteroatoms. The van der Waals surface area contributed by atoms with Gasteiger partial charge in [-0.25, -0.2) is 4.98 Å². The second-order valence-electron chi connectivity index (χ2n) is 4.78. The van der Waals surface area contributed by atoms with Gasteiger partial charge in [-0.2, -0.15) is 5.26 Å². The molecule has 1 heterocycles. The second-order valence-corrected chi connectivity index (χ2v) is 5.22. The Hall–Kier alpha value is -2.84. The van der Waals surface area contributed by atoms with Crippen molar-refractivity contribution in [2.75, 3.05) is 5.32 Å². The third-order valence-corrected chi connectivity index (χ3v) is 3.33. The van der Waals surface area contributed by atoms with Crippen LogP contribution in [0.25, 0.3) is 0 Å². The van der Waals surface area contributed by atoms with E-state index in [1.807, 2.05) is 43.3 Å². The van der Waals surface area contributed by atoms with E-state index in [9.17, 15) is 4.79 Å². The van der Waals surface area contributed by atoms with Crippen LogP contribution in [-0.4, -0.2) is 10.9 Å². The molecule has 0 spiro atoms. The number of hydrogen-bond donors (Lipinski definition) is 2. The first-order valence-corrected chi connectivity index (χ1v) is 7.32. The summed E-state index contributed by atoms with van der Waals surface area (Å²) in [5.41, 5.74) is 0.926. The largest absolute Gasteiger partial charge is 0.345 e. The number of rotatable bonds is 5. The van der Waals surface area contributed by atoms with Crippen molar-refractivity contribution in [3.63, 3.8) is 0 Å². The summed E-state index contributed by atoms with van der Waals surface area (Å²) in [6.07, 6.45) is 2.80. The molecular formula is C17H15ClN4O. The SMILES string of the molecule is CC(NC(=O)/C(C#N)=C\Nc1ccc(Cl)cn1)c1ccccc1. The smallest absolute Gasteiger partial charge is 0.263 e. The molecule has 5 nitrogen and oxygen atoms in total. The maximum absolute atomic E-state index is 12.1. The van der Waals surface area contributed by atoms with Gasteiger partial charge in [0.2, 0.25) is 0 Å². The molecule has 116 valence electrons. The van der Waals surface area contributed by atoms with Crippen LogP contribution in [0.4, 0.5) is 5.82 Å². The van der Waals surface area contributed by atoms with Gasteiger partial charge >= 0.3 is 0 Å².